The van der Waals surface area contributed by atoms with Crippen molar-refractivity contribution in [1.29, 1.82) is 0 Å². The van der Waals surface area contributed by atoms with Gasteiger partial charge >= 0.3 is 0 Å². The number of aliphatic imine (C=N–C) groups is 2. The third-order valence-corrected chi connectivity index (χ3v) is 7.25. The van der Waals surface area contributed by atoms with E-state index in [1.165, 1.54) is 22.2 Å². The Balaban J connectivity index is 1.22. The molecule has 0 bridgehead atoms. The molecule has 0 radical (unpaired) electrons. The Morgan fingerprint density at radius 3 is 2.79 bits per heavy atom. The minimum absolute atomic E-state index is 0.138. The third kappa shape index (κ3) is 4.63. The average Bonchev–Trinajstić information content (AvgIpc) is 3.57. The van der Waals surface area contributed by atoms with Crippen LogP contribution in [-0.2, 0) is 21.9 Å². The normalized spacial score (nSPS) is 16.2. The summed E-state index contributed by atoms with van der Waals surface area (Å²) in [6.07, 6.45) is 3.64. The molecule has 11 heteroatoms. The SMILES string of the molecule is O=C(CCC1C(=O)N=C2c3ccccc3N=C(SCc3cc(=O)n4ccccc4n3)N21)NCc1ccco1. The molecule has 2 amide bonds. The number of carbonyl (C=O) groups is 2. The fourth-order valence-corrected chi connectivity index (χ4v) is 5.39. The van der Waals surface area contributed by atoms with E-state index >= 15 is 0 Å². The van der Waals surface area contributed by atoms with Crippen LogP contribution < -0.4 is 10.9 Å². The predicted molar refractivity (Wildman–Crippen MR) is 143 cm³/mol. The lowest BCUT2D eigenvalue weighted by Crippen LogP contribution is -2.44. The maximum atomic E-state index is 13.0. The minimum atomic E-state index is -0.658. The second kappa shape index (κ2) is 10.1. The Kier molecular flexibility index (Phi) is 6.34. The van der Waals surface area contributed by atoms with Crippen LogP contribution in [0.5, 0.6) is 0 Å². The van der Waals surface area contributed by atoms with Gasteiger partial charge in [0.15, 0.2) is 5.17 Å². The molecule has 2 aliphatic rings. The van der Waals surface area contributed by atoms with E-state index in [2.05, 4.69) is 15.3 Å². The highest BCUT2D eigenvalue weighted by atomic mass is 32.2. The Bertz CT molecular complexity index is 1660. The van der Waals surface area contributed by atoms with Gasteiger partial charge in [-0.15, -0.1) is 0 Å². The van der Waals surface area contributed by atoms with Crippen molar-refractivity contribution in [3.05, 3.63) is 100 Å². The highest BCUT2D eigenvalue weighted by Gasteiger charge is 2.41. The van der Waals surface area contributed by atoms with Gasteiger partial charge < -0.3 is 9.73 Å². The Labute approximate surface area is 221 Å². The molecule has 2 aliphatic heterocycles. The molecular weight excluding hydrogens is 504 g/mol. The van der Waals surface area contributed by atoms with Gasteiger partial charge in [-0.25, -0.2) is 9.98 Å². The Morgan fingerprint density at radius 2 is 1.92 bits per heavy atom. The number of para-hydroxylation sites is 1. The molecular formula is C27H22N6O4S. The molecule has 0 saturated heterocycles. The zero-order valence-corrected chi connectivity index (χ0v) is 20.9. The van der Waals surface area contributed by atoms with E-state index in [9.17, 15) is 14.4 Å². The first-order valence-electron chi connectivity index (χ1n) is 12.1. The number of aromatic nitrogens is 2. The number of furan rings is 1. The van der Waals surface area contributed by atoms with Crippen molar-refractivity contribution in [2.75, 3.05) is 0 Å². The fraction of sp³-hybridized carbons (Fsp3) is 0.185. The number of carbonyl (C=O) groups excluding carboxylic acids is 2. The zero-order chi connectivity index (χ0) is 26.1. The van der Waals surface area contributed by atoms with Gasteiger partial charge in [0.1, 0.15) is 23.3 Å². The van der Waals surface area contributed by atoms with E-state index in [1.54, 1.807) is 36.7 Å². The number of rotatable bonds is 7. The molecule has 1 atom stereocenters. The number of amidine groups is 2. The van der Waals surface area contributed by atoms with Crippen LogP contribution in [0.25, 0.3) is 5.65 Å². The van der Waals surface area contributed by atoms with E-state index in [1.807, 2.05) is 35.2 Å². The van der Waals surface area contributed by atoms with E-state index in [4.69, 9.17) is 9.41 Å². The second-order valence-corrected chi connectivity index (χ2v) is 9.71. The van der Waals surface area contributed by atoms with Crippen LogP contribution in [0.1, 0.15) is 29.9 Å². The summed E-state index contributed by atoms with van der Waals surface area (Å²) in [5.41, 5.74) is 2.46. The van der Waals surface area contributed by atoms with Gasteiger partial charge in [-0.1, -0.05) is 30.0 Å². The molecule has 1 N–H and O–H groups in total. The topological polar surface area (TPSA) is 122 Å². The van der Waals surface area contributed by atoms with Gasteiger partial charge in [0, 0.05) is 30.0 Å². The molecule has 0 spiro atoms. The lowest BCUT2D eigenvalue weighted by Gasteiger charge is -2.31. The molecule has 0 aliphatic carbocycles. The van der Waals surface area contributed by atoms with Crippen molar-refractivity contribution in [2.24, 2.45) is 9.98 Å². The third-order valence-electron chi connectivity index (χ3n) is 6.27. The Morgan fingerprint density at radius 1 is 1.05 bits per heavy atom. The summed E-state index contributed by atoms with van der Waals surface area (Å²) in [6, 6.07) is 17.3. The smallest absolute Gasteiger partial charge is 0.270 e. The summed E-state index contributed by atoms with van der Waals surface area (Å²) in [6.45, 7) is 0.282. The number of amides is 2. The van der Waals surface area contributed by atoms with Crippen LogP contribution in [0, 0.1) is 0 Å². The number of fused-ring (bicyclic) bond motifs is 4. The molecule has 190 valence electrons. The fourth-order valence-electron chi connectivity index (χ4n) is 4.45. The summed E-state index contributed by atoms with van der Waals surface area (Å²) in [5.74, 6) is 1.05. The lowest BCUT2D eigenvalue weighted by molar-refractivity contribution is -0.122. The van der Waals surface area contributed by atoms with Crippen molar-refractivity contribution < 1.29 is 14.0 Å². The molecule has 0 fully saturated rings. The van der Waals surface area contributed by atoms with E-state index < -0.39 is 6.04 Å². The maximum absolute atomic E-state index is 13.0. The molecule has 10 nitrogen and oxygen atoms in total. The zero-order valence-electron chi connectivity index (χ0n) is 20.1. The first kappa shape index (κ1) is 23.9. The summed E-state index contributed by atoms with van der Waals surface area (Å²) in [5, 5.41) is 3.39. The monoisotopic (exact) mass is 526 g/mol. The van der Waals surface area contributed by atoms with Crippen molar-refractivity contribution >= 4 is 45.9 Å². The van der Waals surface area contributed by atoms with Crippen molar-refractivity contribution in [3.63, 3.8) is 0 Å². The molecule has 4 aromatic rings. The number of benzene rings is 1. The number of thioether (sulfide) groups is 1. The average molecular weight is 527 g/mol. The standard InChI is InChI=1S/C27H22N6O4S/c34-23(28-15-18-6-5-13-37-18)11-10-21-26(36)31-25-19-7-1-2-8-20(19)30-27(33(21)25)38-16-17-14-24(35)32-12-4-3-9-22(32)29-17/h1-9,12-14,21H,10-11,15-16H2,(H,28,34). The second-order valence-electron chi connectivity index (χ2n) is 8.77. The van der Waals surface area contributed by atoms with Crippen LogP contribution in [0.4, 0.5) is 5.69 Å². The number of pyridine rings is 1. The number of nitrogens with zero attached hydrogens (tertiary/aromatic N) is 5. The van der Waals surface area contributed by atoms with Crippen LogP contribution >= 0.6 is 11.8 Å². The molecule has 3 aromatic heterocycles. The largest absolute Gasteiger partial charge is 0.467 e. The highest BCUT2D eigenvalue weighted by molar-refractivity contribution is 8.13. The van der Waals surface area contributed by atoms with Gasteiger partial charge in [0.2, 0.25) is 5.91 Å². The molecule has 1 aromatic carbocycles. The van der Waals surface area contributed by atoms with Crippen LogP contribution in [0.15, 0.2) is 92.3 Å². The van der Waals surface area contributed by atoms with Gasteiger partial charge in [0.05, 0.1) is 24.2 Å². The van der Waals surface area contributed by atoms with Gasteiger partial charge in [0.25, 0.3) is 11.5 Å². The molecule has 6 rings (SSSR count). The maximum Gasteiger partial charge on any atom is 0.270 e. The van der Waals surface area contributed by atoms with Crippen molar-refractivity contribution in [2.45, 2.75) is 31.2 Å². The summed E-state index contributed by atoms with van der Waals surface area (Å²) < 4.78 is 6.74. The summed E-state index contributed by atoms with van der Waals surface area (Å²) in [7, 11) is 0. The van der Waals surface area contributed by atoms with Crippen LogP contribution in [0.2, 0.25) is 0 Å². The predicted octanol–water partition coefficient (Wildman–Crippen LogP) is 3.28. The first-order valence-corrected chi connectivity index (χ1v) is 13.0. The van der Waals surface area contributed by atoms with Crippen LogP contribution in [0.3, 0.4) is 0 Å². The molecule has 38 heavy (non-hydrogen) atoms. The van der Waals surface area contributed by atoms with Crippen molar-refractivity contribution in [1.82, 2.24) is 19.6 Å². The first-order chi connectivity index (χ1) is 18.6. The number of nitrogens with one attached hydrogen (secondary N) is 1. The molecule has 5 heterocycles. The summed E-state index contributed by atoms with van der Waals surface area (Å²) >= 11 is 1.38. The van der Waals surface area contributed by atoms with E-state index in [0.717, 1.165) is 5.56 Å². The molecule has 0 saturated carbocycles. The number of hydrogen-bond donors (Lipinski definition) is 1. The molecule has 1 unspecified atom stereocenters. The number of hydrogen-bond acceptors (Lipinski definition) is 8. The van der Waals surface area contributed by atoms with Gasteiger partial charge in [-0.2, -0.15) is 4.99 Å². The minimum Gasteiger partial charge on any atom is -0.467 e. The quantitative estimate of drug-likeness (QED) is 0.392. The van der Waals surface area contributed by atoms with Crippen LogP contribution in [-0.4, -0.2) is 43.1 Å². The lowest BCUT2D eigenvalue weighted by atomic mass is 10.1. The Hall–Kier alpha value is -4.51. The van der Waals surface area contributed by atoms with Crippen molar-refractivity contribution in [3.8, 4) is 0 Å². The van der Waals surface area contributed by atoms with E-state index in [-0.39, 0.29) is 36.8 Å². The summed E-state index contributed by atoms with van der Waals surface area (Å²) in [4.78, 5) is 53.6. The highest BCUT2D eigenvalue weighted by Crippen LogP contribution is 2.35. The van der Waals surface area contributed by atoms with Gasteiger partial charge in [-0.05, 0) is 42.8 Å². The van der Waals surface area contributed by atoms with Gasteiger partial charge in [-0.3, -0.25) is 23.7 Å². The van der Waals surface area contributed by atoms with E-state index in [0.29, 0.717) is 39.5 Å².